The largest absolute Gasteiger partial charge is 0.490 e. The van der Waals surface area contributed by atoms with E-state index in [1.807, 2.05) is 60.7 Å². The summed E-state index contributed by atoms with van der Waals surface area (Å²) in [5.74, 6) is 4.61. The maximum Gasteiger partial charge on any atom is 0.338 e. The molecule has 0 fully saturated rings. The molecule has 0 saturated carbocycles. The van der Waals surface area contributed by atoms with E-state index < -0.39 is 41.5 Å². The Balaban J connectivity index is 0.809. The third-order valence-corrected chi connectivity index (χ3v) is 14.8. The SMILES string of the molecule is C#CCOc1ccc2cc(C(=O)OCC(COc3ccc4cc(C5(c6ccc7cc(OCC(COC(=O)c8ccc9cc(OCC#C)ccc9c8)OC(=O)C=C)ccc7c6)c6ccccc6-c6ccccc65)ccc4c3)OC(=O)C=C)ccc2c1. The number of hydrogen-bond donors (Lipinski definition) is 0. The molecular weight excluding hydrogens is 1070 g/mol. The summed E-state index contributed by atoms with van der Waals surface area (Å²) in [4.78, 5) is 51.5. The molecule has 10 aromatic rings. The lowest BCUT2D eigenvalue weighted by Gasteiger charge is -2.34. The Labute approximate surface area is 490 Å². The van der Waals surface area contributed by atoms with Gasteiger partial charge in [0.25, 0.3) is 0 Å². The number of carbonyl (C=O) groups is 4. The van der Waals surface area contributed by atoms with Crippen LogP contribution < -0.4 is 18.9 Å². The van der Waals surface area contributed by atoms with E-state index >= 15 is 0 Å². The number of ether oxygens (including phenoxy) is 8. The lowest BCUT2D eigenvalue weighted by atomic mass is 9.67. The summed E-state index contributed by atoms with van der Waals surface area (Å²) in [5.41, 5.74) is 6.56. The molecule has 10 aromatic carbocycles. The first-order chi connectivity index (χ1) is 41.5. The maximum absolute atomic E-state index is 13.3. The Hall–Kier alpha value is -11.1. The van der Waals surface area contributed by atoms with Gasteiger partial charge in [0.15, 0.2) is 12.2 Å². The van der Waals surface area contributed by atoms with Gasteiger partial charge >= 0.3 is 23.9 Å². The van der Waals surface area contributed by atoms with Crippen molar-refractivity contribution >= 4 is 67.0 Å². The molecule has 0 saturated heterocycles. The first-order valence-electron chi connectivity index (χ1n) is 27.3. The molecule has 12 nitrogen and oxygen atoms in total. The van der Waals surface area contributed by atoms with Gasteiger partial charge in [-0.15, -0.1) is 12.8 Å². The average molecular weight is 1120 g/mol. The van der Waals surface area contributed by atoms with Gasteiger partial charge < -0.3 is 37.9 Å². The van der Waals surface area contributed by atoms with Crippen molar-refractivity contribution in [3.63, 3.8) is 0 Å². The highest BCUT2D eigenvalue weighted by Gasteiger charge is 2.46. The second kappa shape index (κ2) is 25.0. The normalized spacial score (nSPS) is 12.5. The number of terminal acetylenes is 2. The Kier molecular flexibility index (Phi) is 16.4. The Morgan fingerprint density at radius 1 is 0.412 bits per heavy atom. The molecule has 0 heterocycles. The van der Waals surface area contributed by atoms with Gasteiger partial charge in [0.2, 0.25) is 0 Å². The minimum Gasteiger partial charge on any atom is -0.490 e. The summed E-state index contributed by atoms with van der Waals surface area (Å²) >= 11 is 0. The molecule has 1 aliphatic carbocycles. The van der Waals surface area contributed by atoms with E-state index in [4.69, 9.17) is 50.7 Å². The predicted octanol–water partition coefficient (Wildman–Crippen LogP) is 13.4. The van der Waals surface area contributed by atoms with Crippen molar-refractivity contribution in [1.29, 1.82) is 0 Å². The van der Waals surface area contributed by atoms with Crippen LogP contribution in [0.4, 0.5) is 0 Å². The van der Waals surface area contributed by atoms with Crippen molar-refractivity contribution in [2.24, 2.45) is 0 Å². The summed E-state index contributed by atoms with van der Waals surface area (Å²) in [7, 11) is 0. The van der Waals surface area contributed by atoms with E-state index in [2.05, 4.69) is 110 Å². The third-order valence-electron chi connectivity index (χ3n) is 14.8. The highest BCUT2D eigenvalue weighted by molar-refractivity contribution is 5.97. The van der Waals surface area contributed by atoms with Gasteiger partial charge in [-0.1, -0.05) is 134 Å². The lowest BCUT2D eigenvalue weighted by Crippen LogP contribution is -2.30. The Bertz CT molecular complexity index is 4070. The molecule has 11 rings (SSSR count). The topological polar surface area (TPSA) is 142 Å². The molecule has 0 bridgehead atoms. The molecule has 0 spiro atoms. The van der Waals surface area contributed by atoms with Crippen LogP contribution in [0.2, 0.25) is 0 Å². The first-order valence-corrected chi connectivity index (χ1v) is 27.3. The monoisotopic (exact) mass is 1120 g/mol. The van der Waals surface area contributed by atoms with Crippen LogP contribution in [0, 0.1) is 24.7 Å². The van der Waals surface area contributed by atoms with Gasteiger partial charge in [0, 0.05) is 12.2 Å². The van der Waals surface area contributed by atoms with Crippen LogP contribution >= 0.6 is 0 Å². The fourth-order valence-corrected chi connectivity index (χ4v) is 10.8. The average Bonchev–Trinajstić information content (AvgIpc) is 2.17. The van der Waals surface area contributed by atoms with Gasteiger partial charge in [-0.3, -0.25) is 0 Å². The van der Waals surface area contributed by atoms with Crippen molar-refractivity contribution in [2.75, 3.05) is 39.6 Å². The minimum atomic E-state index is -0.947. The molecule has 1 aliphatic rings. The highest BCUT2D eigenvalue weighted by atomic mass is 16.6. The standard InChI is InChI=1S/C73H54O12/c1-5-33-78-59-29-23-47-35-55(19-17-51(47)39-59)71(76)82-45-63(84-69(74)7-3)43-80-61-31-25-49-37-57(27-21-53(49)41-61)73(67-15-11-9-13-65(67)66-14-10-12-16-68(66)73)58-28-22-54-42-62(32-26-50(54)38-58)81-44-64(85-70(75)8-4)46-83-72(77)56-20-18-52-40-60(79-34-6-2)30-24-48(52)36-56/h1-2,7-32,35-42,63-64H,3-4,33-34,43-46H2. The number of esters is 4. The van der Waals surface area contributed by atoms with E-state index in [9.17, 15) is 19.2 Å². The van der Waals surface area contributed by atoms with Gasteiger partial charge in [-0.25, -0.2) is 19.2 Å². The van der Waals surface area contributed by atoms with Crippen LogP contribution in [0.1, 0.15) is 43.0 Å². The lowest BCUT2D eigenvalue weighted by molar-refractivity contribution is -0.147. The van der Waals surface area contributed by atoms with E-state index in [1.165, 1.54) is 0 Å². The summed E-state index contributed by atoms with van der Waals surface area (Å²) in [5, 5.41) is 7.06. The van der Waals surface area contributed by atoms with Crippen LogP contribution in [0.15, 0.2) is 219 Å². The quantitative estimate of drug-likeness (QED) is 0.0276. The predicted molar refractivity (Wildman–Crippen MR) is 327 cm³/mol. The van der Waals surface area contributed by atoms with Crippen LogP contribution in [0.5, 0.6) is 23.0 Å². The number of hydrogen-bond acceptors (Lipinski definition) is 12. The van der Waals surface area contributed by atoms with Gasteiger partial charge in [0.1, 0.15) is 62.6 Å². The smallest absolute Gasteiger partial charge is 0.338 e. The summed E-state index contributed by atoms with van der Waals surface area (Å²) in [6.07, 6.45) is 10.9. The van der Waals surface area contributed by atoms with E-state index in [0.29, 0.717) is 34.1 Å². The van der Waals surface area contributed by atoms with Gasteiger partial charge in [-0.2, -0.15) is 0 Å². The first kappa shape index (κ1) is 55.8. The maximum atomic E-state index is 13.3. The zero-order valence-electron chi connectivity index (χ0n) is 46.0. The third kappa shape index (κ3) is 12.0. The van der Waals surface area contributed by atoms with Gasteiger partial charge in [-0.05, 0) is 161 Å². The molecule has 0 radical (unpaired) electrons. The molecular formula is C73H54O12. The fraction of sp³-hybridized carbons (Fsp3) is 0.123. The van der Waals surface area contributed by atoms with Crippen LogP contribution in [-0.4, -0.2) is 75.7 Å². The molecule has 0 amide bonds. The van der Waals surface area contributed by atoms with Crippen molar-refractivity contribution in [3.8, 4) is 58.8 Å². The van der Waals surface area contributed by atoms with Crippen molar-refractivity contribution < 1.29 is 57.1 Å². The Morgan fingerprint density at radius 2 is 0.753 bits per heavy atom. The summed E-state index contributed by atoms with van der Waals surface area (Å²) in [6.45, 7) is 6.60. The molecule has 0 aromatic heterocycles. The molecule has 0 N–H and O–H groups in total. The number of carbonyl (C=O) groups excluding carboxylic acids is 4. The molecule has 12 heteroatoms. The van der Waals surface area contributed by atoms with E-state index in [0.717, 1.165) is 88.6 Å². The zero-order valence-corrected chi connectivity index (χ0v) is 46.0. The van der Waals surface area contributed by atoms with Crippen LogP contribution in [-0.2, 0) is 34.0 Å². The highest BCUT2D eigenvalue weighted by Crippen LogP contribution is 2.56. The molecule has 2 atom stereocenters. The van der Waals surface area contributed by atoms with E-state index in [1.54, 1.807) is 48.5 Å². The molecule has 418 valence electrons. The molecule has 85 heavy (non-hydrogen) atoms. The number of fused-ring (bicyclic) bond motifs is 7. The second-order valence-corrected chi connectivity index (χ2v) is 20.1. The fourth-order valence-electron chi connectivity index (χ4n) is 10.8. The minimum absolute atomic E-state index is 0.106. The van der Waals surface area contributed by atoms with Crippen LogP contribution in [0.3, 0.4) is 0 Å². The summed E-state index contributed by atoms with van der Waals surface area (Å²) in [6, 6.07) is 62.7. The zero-order chi connectivity index (χ0) is 58.9. The van der Waals surface area contributed by atoms with Crippen molar-refractivity contribution in [1.82, 2.24) is 0 Å². The summed E-state index contributed by atoms with van der Waals surface area (Å²) < 4.78 is 46.0. The van der Waals surface area contributed by atoms with E-state index in [-0.39, 0.29) is 39.6 Å². The second-order valence-electron chi connectivity index (χ2n) is 20.1. The van der Waals surface area contributed by atoms with Crippen molar-refractivity contribution in [2.45, 2.75) is 17.6 Å². The number of benzene rings is 10. The Morgan fingerprint density at radius 3 is 1.14 bits per heavy atom. The van der Waals surface area contributed by atoms with Crippen LogP contribution in [0.25, 0.3) is 54.2 Å². The van der Waals surface area contributed by atoms with Gasteiger partial charge in [0.05, 0.1) is 16.5 Å². The molecule has 2 unspecified atom stereocenters. The molecule has 0 aliphatic heterocycles. The van der Waals surface area contributed by atoms with Crippen molar-refractivity contribution in [3.05, 3.63) is 253 Å². The number of rotatable bonds is 22.